The quantitative estimate of drug-likeness (QED) is 0.813. The molecule has 0 aliphatic heterocycles. The molecule has 18 heavy (non-hydrogen) atoms. The summed E-state index contributed by atoms with van der Waals surface area (Å²) in [6, 6.07) is 10.0. The van der Waals surface area contributed by atoms with E-state index in [1.54, 1.807) is 11.3 Å². The second-order valence-corrected chi connectivity index (χ2v) is 6.78. The summed E-state index contributed by atoms with van der Waals surface area (Å²) < 4.78 is 1.15. The number of benzene rings is 1. The van der Waals surface area contributed by atoms with Gasteiger partial charge in [0.05, 0.1) is 11.4 Å². The molecule has 0 radical (unpaired) electrons. The molecule has 2 nitrogen and oxygen atoms in total. The van der Waals surface area contributed by atoms with E-state index in [9.17, 15) is 0 Å². The van der Waals surface area contributed by atoms with Gasteiger partial charge >= 0.3 is 0 Å². The molecule has 96 valence electrons. The van der Waals surface area contributed by atoms with E-state index in [0.29, 0.717) is 0 Å². The summed E-state index contributed by atoms with van der Waals surface area (Å²) in [5, 5.41) is 5.55. The Balaban J connectivity index is 2.08. The lowest BCUT2D eigenvalue weighted by Crippen LogP contribution is -2.26. The van der Waals surface area contributed by atoms with Crippen molar-refractivity contribution in [2.24, 2.45) is 0 Å². The SMILES string of the molecule is CC(C)(CNc1ccccc1N)c1cc(Br)cs1. The second kappa shape index (κ2) is 5.33. The monoisotopic (exact) mass is 324 g/mol. The Morgan fingerprint density at radius 2 is 2.06 bits per heavy atom. The zero-order valence-electron chi connectivity index (χ0n) is 10.5. The zero-order chi connectivity index (χ0) is 13.2. The van der Waals surface area contributed by atoms with Gasteiger partial charge in [0.2, 0.25) is 0 Å². The number of para-hydroxylation sites is 2. The van der Waals surface area contributed by atoms with Crippen molar-refractivity contribution >= 4 is 38.6 Å². The number of nitrogens with one attached hydrogen (secondary N) is 1. The van der Waals surface area contributed by atoms with Crippen LogP contribution in [0.2, 0.25) is 0 Å². The Labute approximate surface area is 120 Å². The van der Waals surface area contributed by atoms with Gasteiger partial charge in [-0.1, -0.05) is 26.0 Å². The first-order chi connectivity index (χ1) is 8.49. The topological polar surface area (TPSA) is 38.0 Å². The van der Waals surface area contributed by atoms with Crippen molar-refractivity contribution in [3.63, 3.8) is 0 Å². The highest BCUT2D eigenvalue weighted by molar-refractivity contribution is 9.10. The summed E-state index contributed by atoms with van der Waals surface area (Å²) in [6.45, 7) is 5.32. The molecule has 0 saturated carbocycles. The van der Waals surface area contributed by atoms with Crippen molar-refractivity contribution in [1.82, 2.24) is 0 Å². The fourth-order valence-corrected chi connectivity index (χ4v) is 3.28. The number of halogens is 1. The van der Waals surface area contributed by atoms with E-state index in [1.807, 2.05) is 24.3 Å². The molecule has 2 aromatic rings. The van der Waals surface area contributed by atoms with E-state index < -0.39 is 0 Å². The van der Waals surface area contributed by atoms with Crippen LogP contribution < -0.4 is 11.1 Å². The van der Waals surface area contributed by atoms with Crippen LogP contribution in [0.15, 0.2) is 40.2 Å². The third-order valence-electron chi connectivity index (χ3n) is 2.92. The molecule has 4 heteroatoms. The molecule has 1 aromatic carbocycles. The number of nitrogen functional groups attached to an aromatic ring is 1. The molecule has 0 saturated heterocycles. The molecule has 3 N–H and O–H groups in total. The Morgan fingerprint density at radius 1 is 1.33 bits per heavy atom. The molecular formula is C14H17BrN2S. The van der Waals surface area contributed by atoms with Crippen LogP contribution in [-0.4, -0.2) is 6.54 Å². The first-order valence-electron chi connectivity index (χ1n) is 5.82. The lowest BCUT2D eigenvalue weighted by Gasteiger charge is -2.24. The average Bonchev–Trinajstić information content (AvgIpc) is 2.76. The Kier molecular flexibility index (Phi) is 3.97. The lowest BCUT2D eigenvalue weighted by atomic mass is 9.91. The predicted molar refractivity (Wildman–Crippen MR) is 84.4 cm³/mol. The molecule has 2 rings (SSSR count). The van der Waals surface area contributed by atoms with E-state index in [4.69, 9.17) is 5.73 Å². The molecule has 0 aliphatic carbocycles. The first-order valence-corrected chi connectivity index (χ1v) is 7.49. The fourth-order valence-electron chi connectivity index (χ4n) is 1.73. The molecule has 0 amide bonds. The number of thiophene rings is 1. The predicted octanol–water partition coefficient (Wildman–Crippen LogP) is 4.48. The fraction of sp³-hybridized carbons (Fsp3) is 0.286. The van der Waals surface area contributed by atoms with Crippen LogP contribution in [0.1, 0.15) is 18.7 Å². The molecule has 0 fully saturated rings. The highest BCUT2D eigenvalue weighted by Gasteiger charge is 2.22. The Bertz CT molecular complexity index is 534. The van der Waals surface area contributed by atoms with Crippen LogP contribution in [0.5, 0.6) is 0 Å². The van der Waals surface area contributed by atoms with E-state index >= 15 is 0 Å². The van der Waals surface area contributed by atoms with Gasteiger partial charge in [-0.3, -0.25) is 0 Å². The van der Waals surface area contributed by atoms with E-state index in [-0.39, 0.29) is 5.41 Å². The lowest BCUT2D eigenvalue weighted by molar-refractivity contribution is 0.569. The van der Waals surface area contributed by atoms with Crippen LogP contribution in [0.4, 0.5) is 11.4 Å². The number of hydrogen-bond donors (Lipinski definition) is 2. The van der Waals surface area contributed by atoms with Crippen molar-refractivity contribution in [3.8, 4) is 0 Å². The molecule has 1 aromatic heterocycles. The minimum absolute atomic E-state index is 0.0823. The molecule has 0 spiro atoms. The van der Waals surface area contributed by atoms with Gasteiger partial charge in [-0.2, -0.15) is 0 Å². The van der Waals surface area contributed by atoms with Gasteiger partial charge < -0.3 is 11.1 Å². The Morgan fingerprint density at radius 3 is 2.67 bits per heavy atom. The van der Waals surface area contributed by atoms with E-state index in [1.165, 1.54) is 4.88 Å². The molecule has 0 unspecified atom stereocenters. The van der Waals surface area contributed by atoms with Crippen molar-refractivity contribution in [2.45, 2.75) is 19.3 Å². The molecule has 0 aliphatic rings. The van der Waals surface area contributed by atoms with Crippen LogP contribution in [0, 0.1) is 0 Å². The number of anilines is 2. The van der Waals surface area contributed by atoms with E-state index in [0.717, 1.165) is 22.4 Å². The average molecular weight is 325 g/mol. The summed E-state index contributed by atoms with van der Waals surface area (Å²) in [4.78, 5) is 1.36. The maximum atomic E-state index is 5.93. The summed E-state index contributed by atoms with van der Waals surface area (Å²) in [7, 11) is 0. The smallest absolute Gasteiger partial charge is 0.0574 e. The van der Waals surface area contributed by atoms with Gasteiger partial charge in [-0.15, -0.1) is 11.3 Å². The van der Waals surface area contributed by atoms with Gasteiger partial charge in [0.25, 0.3) is 0 Å². The summed E-state index contributed by atoms with van der Waals surface area (Å²) in [5.41, 5.74) is 7.80. The molecular weight excluding hydrogens is 308 g/mol. The van der Waals surface area contributed by atoms with Crippen molar-refractivity contribution < 1.29 is 0 Å². The summed E-state index contributed by atoms with van der Waals surface area (Å²) >= 11 is 5.28. The third-order valence-corrected chi connectivity index (χ3v) is 4.97. The molecule has 0 bridgehead atoms. The minimum atomic E-state index is 0.0823. The van der Waals surface area contributed by atoms with Gasteiger partial charge in [0.1, 0.15) is 0 Å². The summed E-state index contributed by atoms with van der Waals surface area (Å²) in [5.74, 6) is 0. The number of rotatable bonds is 4. The van der Waals surface area contributed by atoms with Crippen LogP contribution in [-0.2, 0) is 5.41 Å². The largest absolute Gasteiger partial charge is 0.397 e. The normalized spacial score (nSPS) is 11.5. The van der Waals surface area contributed by atoms with Crippen molar-refractivity contribution in [3.05, 3.63) is 45.1 Å². The van der Waals surface area contributed by atoms with E-state index in [2.05, 4.69) is 46.5 Å². The highest BCUT2D eigenvalue weighted by Crippen LogP contribution is 2.32. The van der Waals surface area contributed by atoms with Gasteiger partial charge in [0, 0.05) is 26.7 Å². The second-order valence-electron chi connectivity index (χ2n) is 4.95. The van der Waals surface area contributed by atoms with Gasteiger partial charge in [0.15, 0.2) is 0 Å². The molecule has 0 atom stereocenters. The van der Waals surface area contributed by atoms with Crippen LogP contribution in [0.25, 0.3) is 0 Å². The van der Waals surface area contributed by atoms with Gasteiger partial charge in [-0.25, -0.2) is 0 Å². The Hall–Kier alpha value is -1.000. The van der Waals surface area contributed by atoms with Gasteiger partial charge in [-0.05, 0) is 34.1 Å². The maximum absolute atomic E-state index is 5.93. The zero-order valence-corrected chi connectivity index (χ0v) is 12.9. The minimum Gasteiger partial charge on any atom is -0.397 e. The maximum Gasteiger partial charge on any atom is 0.0574 e. The number of hydrogen-bond acceptors (Lipinski definition) is 3. The first kappa shape index (κ1) is 13.4. The van der Waals surface area contributed by atoms with Crippen LogP contribution >= 0.6 is 27.3 Å². The highest BCUT2D eigenvalue weighted by atomic mass is 79.9. The third kappa shape index (κ3) is 3.06. The molecule has 1 heterocycles. The van der Waals surface area contributed by atoms with Crippen molar-refractivity contribution in [2.75, 3.05) is 17.6 Å². The number of nitrogens with two attached hydrogens (primary N) is 1. The van der Waals surface area contributed by atoms with Crippen LogP contribution in [0.3, 0.4) is 0 Å². The van der Waals surface area contributed by atoms with Crippen molar-refractivity contribution in [1.29, 1.82) is 0 Å². The standard InChI is InChI=1S/C14H17BrN2S/c1-14(2,13-7-10(15)8-18-13)9-17-12-6-4-3-5-11(12)16/h3-8,17H,9,16H2,1-2H3. The summed E-state index contributed by atoms with van der Waals surface area (Å²) in [6.07, 6.45) is 0.